The minimum absolute atomic E-state index is 0.0327. The van der Waals surface area contributed by atoms with Crippen LogP contribution in [0.15, 0.2) is 36.4 Å². The predicted octanol–water partition coefficient (Wildman–Crippen LogP) is 4.09. The Morgan fingerprint density at radius 3 is 2.18 bits per heavy atom. The van der Waals surface area contributed by atoms with Crippen LogP contribution in [-0.2, 0) is 9.59 Å². The van der Waals surface area contributed by atoms with Crippen LogP contribution in [0.25, 0.3) is 0 Å². The van der Waals surface area contributed by atoms with Crippen LogP contribution in [0, 0.1) is 17.0 Å². The van der Waals surface area contributed by atoms with Crippen molar-refractivity contribution in [3.8, 4) is 11.5 Å². The molecule has 176 valence electrons. The summed E-state index contributed by atoms with van der Waals surface area (Å²) in [6, 6.07) is 7.72. The summed E-state index contributed by atoms with van der Waals surface area (Å²) in [6.45, 7) is -0.809. The number of Topliss-reactive ketones (excluding diaryl/α,β-unsaturated/α-hetero) is 1. The molecule has 0 aliphatic heterocycles. The maximum Gasteiger partial charge on any atom is 0.258 e. The minimum atomic E-state index is -1.11. The van der Waals surface area contributed by atoms with Crippen LogP contribution in [0.4, 0.5) is 8.78 Å². The molecule has 1 amide bonds. The van der Waals surface area contributed by atoms with Crippen LogP contribution in [0.3, 0.4) is 0 Å². The molecular weight excluding hydrogens is 479 g/mol. The third kappa shape index (κ3) is 5.08. The lowest BCUT2D eigenvalue weighted by atomic mass is 9.38. The molecule has 0 unspecified atom stereocenters. The topological polar surface area (TPSA) is 84.9 Å². The molecule has 0 spiro atoms. The number of benzene rings is 2. The molecule has 0 aromatic heterocycles. The van der Waals surface area contributed by atoms with Crippen LogP contribution >= 0.6 is 23.2 Å². The van der Waals surface area contributed by atoms with E-state index < -0.39 is 24.3 Å². The summed E-state index contributed by atoms with van der Waals surface area (Å²) >= 11 is 11.3. The number of rotatable bonds is 10. The fourth-order valence-electron chi connectivity index (χ4n) is 4.77. The summed E-state index contributed by atoms with van der Waals surface area (Å²) in [7, 11) is 0. The van der Waals surface area contributed by atoms with Crippen LogP contribution in [0.2, 0.25) is 10.0 Å². The SMILES string of the molecule is O=C(COc1ccc(Cl)c(F)c1)NC12CC(CC(=O)[C@@H](CO)Oc3ccc(Cl)c(F)c3)(C1)C2. The van der Waals surface area contributed by atoms with Crippen molar-refractivity contribution in [2.75, 3.05) is 13.2 Å². The lowest BCUT2D eigenvalue weighted by Gasteiger charge is -2.70. The molecule has 2 aromatic carbocycles. The molecule has 3 saturated carbocycles. The van der Waals surface area contributed by atoms with Gasteiger partial charge in [-0.25, -0.2) is 8.78 Å². The van der Waals surface area contributed by atoms with Gasteiger partial charge in [-0.3, -0.25) is 9.59 Å². The Kier molecular flexibility index (Phi) is 6.53. The van der Waals surface area contributed by atoms with Crippen LogP contribution in [-0.4, -0.2) is 41.7 Å². The van der Waals surface area contributed by atoms with E-state index in [1.807, 2.05) is 0 Å². The zero-order valence-electron chi connectivity index (χ0n) is 17.4. The standard InChI is InChI=1S/C23H21Cl2F2NO5/c24-15-3-1-13(5-17(15)26)32-9-21(31)28-23-10-22(11-23,12-23)7-19(30)20(8-29)33-14-2-4-16(25)18(27)6-14/h1-6,20,29H,7-12H2,(H,28,31)/t20-,22?,23?/m1/s1. The Morgan fingerprint density at radius 2 is 1.61 bits per heavy atom. The summed E-state index contributed by atoms with van der Waals surface area (Å²) in [5.41, 5.74) is -0.618. The smallest absolute Gasteiger partial charge is 0.258 e. The number of halogens is 4. The number of carbonyl (C=O) groups excluding carboxylic acids is 2. The number of nitrogens with one attached hydrogen (secondary N) is 1. The Hall–Kier alpha value is -2.42. The van der Waals surface area contributed by atoms with Gasteiger partial charge in [-0.1, -0.05) is 23.2 Å². The highest BCUT2D eigenvalue weighted by atomic mass is 35.5. The molecule has 0 saturated heterocycles. The summed E-state index contributed by atoms with van der Waals surface area (Å²) in [5.74, 6) is -1.65. The molecule has 10 heteroatoms. The molecule has 1 atom stereocenters. The normalized spacial score (nSPS) is 23.7. The van der Waals surface area contributed by atoms with E-state index in [9.17, 15) is 23.5 Å². The quantitative estimate of drug-likeness (QED) is 0.514. The summed E-state index contributed by atoms with van der Waals surface area (Å²) in [6.07, 6.45) is 0.952. The number of hydrogen-bond donors (Lipinski definition) is 2. The molecule has 3 aliphatic rings. The largest absolute Gasteiger partial charge is 0.484 e. The lowest BCUT2D eigenvalue weighted by molar-refractivity contribution is -0.175. The van der Waals surface area contributed by atoms with Gasteiger partial charge in [-0.05, 0) is 48.9 Å². The van der Waals surface area contributed by atoms with E-state index in [1.54, 1.807) is 0 Å². The zero-order chi connectivity index (χ0) is 23.8. The number of ketones is 1. The van der Waals surface area contributed by atoms with Crippen LogP contribution in [0.5, 0.6) is 11.5 Å². The first-order valence-corrected chi connectivity index (χ1v) is 11.0. The lowest BCUT2D eigenvalue weighted by Crippen LogP contribution is -2.75. The molecule has 33 heavy (non-hydrogen) atoms. The molecule has 2 bridgehead atoms. The highest BCUT2D eigenvalue weighted by molar-refractivity contribution is 6.31. The number of amides is 1. The van der Waals surface area contributed by atoms with Gasteiger partial charge in [0.2, 0.25) is 0 Å². The predicted molar refractivity (Wildman–Crippen MR) is 117 cm³/mol. The van der Waals surface area contributed by atoms with Crippen molar-refractivity contribution in [3.63, 3.8) is 0 Å². The number of ether oxygens (including phenoxy) is 2. The van der Waals surface area contributed by atoms with E-state index in [0.29, 0.717) is 19.3 Å². The molecule has 6 nitrogen and oxygen atoms in total. The minimum Gasteiger partial charge on any atom is -0.484 e. The van der Waals surface area contributed by atoms with Gasteiger partial charge in [0.05, 0.1) is 16.7 Å². The van der Waals surface area contributed by atoms with Gasteiger partial charge in [0, 0.05) is 24.1 Å². The Balaban J connectivity index is 1.23. The molecule has 2 aromatic rings. The van der Waals surface area contributed by atoms with Gasteiger partial charge >= 0.3 is 0 Å². The summed E-state index contributed by atoms with van der Waals surface area (Å²) in [4.78, 5) is 24.9. The Bertz CT molecular complexity index is 1080. The van der Waals surface area contributed by atoms with E-state index in [1.165, 1.54) is 24.3 Å². The van der Waals surface area contributed by atoms with E-state index in [2.05, 4.69) is 5.32 Å². The van der Waals surface area contributed by atoms with Gasteiger partial charge in [0.15, 0.2) is 18.5 Å². The third-order valence-corrected chi connectivity index (χ3v) is 6.66. The van der Waals surface area contributed by atoms with Gasteiger partial charge in [-0.2, -0.15) is 0 Å². The summed E-state index contributed by atoms with van der Waals surface area (Å²) in [5, 5.41) is 12.4. The van der Waals surface area contributed by atoms with Gasteiger partial charge in [-0.15, -0.1) is 0 Å². The molecule has 3 aliphatic carbocycles. The third-order valence-electron chi connectivity index (χ3n) is 6.05. The van der Waals surface area contributed by atoms with Crippen molar-refractivity contribution in [2.24, 2.45) is 5.41 Å². The van der Waals surface area contributed by atoms with Gasteiger partial charge < -0.3 is 19.9 Å². The fourth-order valence-corrected chi connectivity index (χ4v) is 5.00. The van der Waals surface area contributed by atoms with Crippen molar-refractivity contribution in [2.45, 2.75) is 37.3 Å². The second-order valence-corrected chi connectivity index (χ2v) is 9.55. The van der Waals surface area contributed by atoms with Gasteiger partial charge in [0.1, 0.15) is 23.1 Å². The fraction of sp³-hybridized carbons (Fsp3) is 0.391. The van der Waals surface area contributed by atoms with Crippen molar-refractivity contribution in [1.29, 1.82) is 0 Å². The number of hydrogen-bond acceptors (Lipinski definition) is 5. The molecule has 2 N–H and O–H groups in total. The molecule has 3 fully saturated rings. The molecule has 0 heterocycles. The number of aliphatic hydroxyl groups is 1. The molecular formula is C23H21Cl2F2NO5. The first-order valence-electron chi connectivity index (χ1n) is 10.3. The van der Waals surface area contributed by atoms with E-state index >= 15 is 0 Å². The monoisotopic (exact) mass is 499 g/mol. The zero-order valence-corrected chi connectivity index (χ0v) is 18.9. The van der Waals surface area contributed by atoms with Crippen molar-refractivity contribution < 1.29 is 33.0 Å². The average molecular weight is 500 g/mol. The Labute approximate surface area is 198 Å². The van der Waals surface area contributed by atoms with Crippen molar-refractivity contribution >= 4 is 34.9 Å². The first-order chi connectivity index (χ1) is 15.6. The van der Waals surface area contributed by atoms with E-state index in [-0.39, 0.29) is 57.2 Å². The number of aliphatic hydroxyl groups excluding tert-OH is 1. The maximum atomic E-state index is 13.6. The second kappa shape index (κ2) is 9.08. The highest BCUT2D eigenvalue weighted by Crippen LogP contribution is 2.69. The van der Waals surface area contributed by atoms with E-state index in [0.717, 1.165) is 12.1 Å². The molecule has 5 rings (SSSR count). The average Bonchev–Trinajstić information content (AvgIpc) is 2.72. The maximum absolute atomic E-state index is 13.6. The summed E-state index contributed by atoms with van der Waals surface area (Å²) < 4.78 is 37.8. The van der Waals surface area contributed by atoms with E-state index in [4.69, 9.17) is 32.7 Å². The van der Waals surface area contributed by atoms with Gasteiger partial charge in [0.25, 0.3) is 5.91 Å². The first kappa shape index (κ1) is 23.7. The highest BCUT2D eigenvalue weighted by Gasteiger charge is 2.68. The second-order valence-electron chi connectivity index (χ2n) is 8.73. The number of carbonyl (C=O) groups is 2. The van der Waals surface area contributed by atoms with Crippen molar-refractivity contribution in [3.05, 3.63) is 58.1 Å². The Morgan fingerprint density at radius 1 is 1.03 bits per heavy atom. The van der Waals surface area contributed by atoms with Crippen molar-refractivity contribution in [1.82, 2.24) is 5.32 Å². The van der Waals surface area contributed by atoms with Crippen LogP contribution < -0.4 is 14.8 Å². The van der Waals surface area contributed by atoms with Crippen LogP contribution in [0.1, 0.15) is 25.7 Å². The molecule has 0 radical (unpaired) electrons.